The molecule has 1 aliphatic heterocycles. The van der Waals surface area contributed by atoms with Crippen LogP contribution >= 0.6 is 0 Å². The van der Waals surface area contributed by atoms with E-state index < -0.39 is 0 Å². The second-order valence-corrected chi connectivity index (χ2v) is 6.43. The first-order valence-corrected chi connectivity index (χ1v) is 8.55. The maximum Gasteiger partial charge on any atom is 0.260 e. The van der Waals surface area contributed by atoms with Gasteiger partial charge in [0.05, 0.1) is 6.54 Å². The van der Waals surface area contributed by atoms with Gasteiger partial charge in [-0.1, -0.05) is 26.0 Å². The van der Waals surface area contributed by atoms with Crippen molar-refractivity contribution in [1.29, 1.82) is 0 Å². The van der Waals surface area contributed by atoms with Crippen molar-refractivity contribution in [3.8, 4) is 11.6 Å². The van der Waals surface area contributed by atoms with Crippen LogP contribution in [-0.2, 0) is 4.79 Å². The summed E-state index contributed by atoms with van der Waals surface area (Å²) in [6.45, 7) is 5.56. The first kappa shape index (κ1) is 17.2. The summed E-state index contributed by atoms with van der Waals surface area (Å²) in [5.41, 5.74) is 1.25. The van der Waals surface area contributed by atoms with Gasteiger partial charge in [-0.3, -0.25) is 4.79 Å². The van der Waals surface area contributed by atoms with Crippen LogP contribution in [-0.4, -0.2) is 46.6 Å². The number of nitrogens with zero attached hydrogens (tertiary/aromatic N) is 3. The number of hydrogen-bond donors (Lipinski definition) is 0. The Hall–Kier alpha value is -2.63. The molecule has 1 aromatic heterocycles. The zero-order chi connectivity index (χ0) is 17.6. The van der Waals surface area contributed by atoms with Crippen molar-refractivity contribution in [2.75, 3.05) is 19.7 Å². The van der Waals surface area contributed by atoms with E-state index in [1.807, 2.05) is 24.3 Å². The fraction of sp³-hybridized carbons (Fsp3) is 0.421. The second kappa shape index (κ2) is 7.96. The highest BCUT2D eigenvalue weighted by atomic mass is 16.5. The number of rotatable bonds is 6. The molecule has 3 rings (SSSR count). The minimum Gasteiger partial charge on any atom is -0.484 e. The average Bonchev–Trinajstić information content (AvgIpc) is 3.09. The predicted octanol–water partition coefficient (Wildman–Crippen LogP) is 2.66. The highest BCUT2D eigenvalue weighted by Gasteiger charge is 2.28. The first-order valence-electron chi connectivity index (χ1n) is 8.55. The lowest BCUT2D eigenvalue weighted by molar-refractivity contribution is -0.132. The van der Waals surface area contributed by atoms with Crippen molar-refractivity contribution in [3.63, 3.8) is 0 Å². The van der Waals surface area contributed by atoms with Crippen LogP contribution in [0.3, 0.4) is 0 Å². The molecule has 132 valence electrons. The van der Waals surface area contributed by atoms with Crippen molar-refractivity contribution in [3.05, 3.63) is 48.4 Å². The molecule has 6 heteroatoms. The van der Waals surface area contributed by atoms with Crippen molar-refractivity contribution in [1.82, 2.24) is 14.9 Å². The number of ether oxygens (including phenoxy) is 2. The molecule has 0 bridgehead atoms. The number of hydrogen-bond acceptors (Lipinski definition) is 5. The minimum absolute atomic E-state index is 0.0262. The molecule has 1 aliphatic rings. The normalized spacial score (nSPS) is 16.9. The predicted molar refractivity (Wildman–Crippen MR) is 93.7 cm³/mol. The molecule has 1 fully saturated rings. The van der Waals surface area contributed by atoms with Gasteiger partial charge in [0.2, 0.25) is 5.88 Å². The molecule has 0 aliphatic carbocycles. The summed E-state index contributed by atoms with van der Waals surface area (Å²) < 4.78 is 11.4. The monoisotopic (exact) mass is 341 g/mol. The van der Waals surface area contributed by atoms with Crippen LogP contribution in [0.5, 0.6) is 11.6 Å². The number of amides is 1. The maximum absolute atomic E-state index is 12.3. The fourth-order valence-corrected chi connectivity index (χ4v) is 2.76. The lowest BCUT2D eigenvalue weighted by Gasteiger charge is -2.17. The van der Waals surface area contributed by atoms with E-state index in [0.717, 1.165) is 6.42 Å². The molecule has 0 saturated carbocycles. The highest BCUT2D eigenvalue weighted by Crippen LogP contribution is 2.19. The van der Waals surface area contributed by atoms with Crippen molar-refractivity contribution >= 4 is 5.91 Å². The zero-order valence-electron chi connectivity index (χ0n) is 14.6. The molecule has 2 heterocycles. The number of likely N-dealkylation sites (tertiary alicyclic amines) is 1. The lowest BCUT2D eigenvalue weighted by Crippen LogP contribution is -2.34. The van der Waals surface area contributed by atoms with Crippen LogP contribution < -0.4 is 9.47 Å². The summed E-state index contributed by atoms with van der Waals surface area (Å²) in [4.78, 5) is 22.0. The molecule has 1 aromatic carbocycles. The molecule has 0 N–H and O–H groups in total. The van der Waals surface area contributed by atoms with Gasteiger partial charge in [0, 0.05) is 25.2 Å². The first-order chi connectivity index (χ1) is 12.1. The highest BCUT2D eigenvalue weighted by molar-refractivity contribution is 5.78. The van der Waals surface area contributed by atoms with Gasteiger partial charge in [-0.25, -0.2) is 9.97 Å². The molecule has 1 atom stereocenters. The number of carbonyl (C=O) groups is 1. The third kappa shape index (κ3) is 4.68. The largest absolute Gasteiger partial charge is 0.484 e. The summed E-state index contributed by atoms with van der Waals surface area (Å²) in [6.07, 6.45) is 3.84. The Morgan fingerprint density at radius 2 is 2.08 bits per heavy atom. The van der Waals surface area contributed by atoms with E-state index in [1.165, 1.54) is 11.9 Å². The number of benzene rings is 1. The van der Waals surface area contributed by atoms with Crippen LogP contribution in [0, 0.1) is 0 Å². The van der Waals surface area contributed by atoms with E-state index in [4.69, 9.17) is 9.47 Å². The van der Waals surface area contributed by atoms with Gasteiger partial charge >= 0.3 is 0 Å². The fourth-order valence-electron chi connectivity index (χ4n) is 2.76. The van der Waals surface area contributed by atoms with Crippen molar-refractivity contribution in [2.24, 2.45) is 0 Å². The molecule has 1 saturated heterocycles. The summed E-state index contributed by atoms with van der Waals surface area (Å²) in [5, 5.41) is 0. The second-order valence-electron chi connectivity index (χ2n) is 6.43. The number of aromatic nitrogens is 2. The van der Waals surface area contributed by atoms with E-state index in [0.29, 0.717) is 30.6 Å². The summed E-state index contributed by atoms with van der Waals surface area (Å²) in [5.74, 6) is 1.70. The molecule has 0 unspecified atom stereocenters. The lowest BCUT2D eigenvalue weighted by atomic mass is 10.0. The molecular formula is C19H23N3O3. The molecule has 1 amide bonds. The van der Waals surface area contributed by atoms with Crippen LogP contribution in [0.1, 0.15) is 31.7 Å². The third-order valence-corrected chi connectivity index (χ3v) is 4.25. The van der Waals surface area contributed by atoms with Crippen LogP contribution in [0.15, 0.2) is 42.9 Å². The summed E-state index contributed by atoms with van der Waals surface area (Å²) >= 11 is 0. The van der Waals surface area contributed by atoms with Crippen LogP contribution in [0.4, 0.5) is 0 Å². The van der Waals surface area contributed by atoms with E-state index in [2.05, 4.69) is 23.8 Å². The van der Waals surface area contributed by atoms with Crippen LogP contribution in [0.2, 0.25) is 0 Å². The number of carbonyl (C=O) groups excluding carboxylic acids is 1. The van der Waals surface area contributed by atoms with Crippen molar-refractivity contribution < 1.29 is 14.3 Å². The van der Waals surface area contributed by atoms with Gasteiger partial charge in [-0.05, 0) is 23.6 Å². The zero-order valence-corrected chi connectivity index (χ0v) is 14.6. The maximum atomic E-state index is 12.3. The molecule has 0 radical (unpaired) electrons. The Kier molecular flexibility index (Phi) is 5.48. The Bertz CT molecular complexity index is 689. The Labute approximate surface area is 147 Å². The van der Waals surface area contributed by atoms with Gasteiger partial charge in [-0.15, -0.1) is 0 Å². The van der Waals surface area contributed by atoms with E-state index >= 15 is 0 Å². The Balaban J connectivity index is 1.46. The quantitative estimate of drug-likeness (QED) is 0.808. The molecular weight excluding hydrogens is 318 g/mol. The molecule has 2 aromatic rings. The molecule has 6 nitrogen and oxygen atoms in total. The summed E-state index contributed by atoms with van der Waals surface area (Å²) in [7, 11) is 0. The Morgan fingerprint density at radius 1 is 1.28 bits per heavy atom. The molecule has 0 spiro atoms. The van der Waals surface area contributed by atoms with Gasteiger partial charge in [-0.2, -0.15) is 0 Å². The van der Waals surface area contributed by atoms with Gasteiger partial charge in [0.25, 0.3) is 5.91 Å². The van der Waals surface area contributed by atoms with Gasteiger partial charge in [0.1, 0.15) is 18.2 Å². The average molecular weight is 341 g/mol. The standard InChI is InChI=1S/C19H23N3O3/c1-14(2)15-3-5-16(6-4-15)24-12-19(23)22-10-8-17(11-22)25-18-7-9-20-13-21-18/h3-7,9,13-14,17H,8,10-12H2,1-2H3/t17-/m1/s1. The Morgan fingerprint density at radius 3 is 2.76 bits per heavy atom. The van der Waals surface area contributed by atoms with Crippen molar-refractivity contribution in [2.45, 2.75) is 32.3 Å². The third-order valence-electron chi connectivity index (χ3n) is 4.25. The van der Waals surface area contributed by atoms with E-state index in [-0.39, 0.29) is 18.6 Å². The SMILES string of the molecule is CC(C)c1ccc(OCC(=O)N2CC[C@@H](Oc3ccncn3)C2)cc1. The molecule has 25 heavy (non-hydrogen) atoms. The van der Waals surface area contributed by atoms with E-state index in [9.17, 15) is 4.79 Å². The van der Waals surface area contributed by atoms with Crippen LogP contribution in [0.25, 0.3) is 0 Å². The van der Waals surface area contributed by atoms with Gasteiger partial charge < -0.3 is 14.4 Å². The topological polar surface area (TPSA) is 64.5 Å². The minimum atomic E-state index is -0.0378. The van der Waals surface area contributed by atoms with Gasteiger partial charge in [0.15, 0.2) is 6.61 Å². The smallest absolute Gasteiger partial charge is 0.260 e. The van der Waals surface area contributed by atoms with E-state index in [1.54, 1.807) is 17.2 Å². The summed E-state index contributed by atoms with van der Waals surface area (Å²) in [6, 6.07) is 9.60.